The van der Waals surface area contributed by atoms with Gasteiger partial charge in [-0.1, -0.05) is 28.1 Å². The maximum Gasteiger partial charge on any atom is 0.226 e. The standard InChI is InChI=1S/C19H25BrN2O2/c20-17-6-4-15(5-7-17)14-18(23)21-12-8-16(9-13-21)19(24)22-10-2-1-3-11-22/h4-7,16H,1-3,8-14H2. The lowest BCUT2D eigenvalue weighted by Gasteiger charge is -2.35. The van der Waals surface area contributed by atoms with Gasteiger partial charge in [-0.05, 0) is 49.8 Å². The molecule has 1 aromatic rings. The molecule has 0 aromatic heterocycles. The lowest BCUT2D eigenvalue weighted by molar-refractivity contribution is -0.141. The summed E-state index contributed by atoms with van der Waals surface area (Å²) in [6.45, 7) is 3.25. The Bertz CT molecular complexity index is 574. The van der Waals surface area contributed by atoms with Crippen LogP contribution >= 0.6 is 15.9 Å². The van der Waals surface area contributed by atoms with Crippen LogP contribution < -0.4 is 0 Å². The Morgan fingerprint density at radius 1 is 0.917 bits per heavy atom. The van der Waals surface area contributed by atoms with Crippen molar-refractivity contribution < 1.29 is 9.59 Å². The fraction of sp³-hybridized carbons (Fsp3) is 0.579. The average molecular weight is 393 g/mol. The van der Waals surface area contributed by atoms with Crippen molar-refractivity contribution in [3.8, 4) is 0 Å². The van der Waals surface area contributed by atoms with Crippen molar-refractivity contribution in [2.45, 2.75) is 38.5 Å². The van der Waals surface area contributed by atoms with Gasteiger partial charge in [-0.3, -0.25) is 9.59 Å². The molecule has 2 fully saturated rings. The summed E-state index contributed by atoms with van der Waals surface area (Å²) in [5, 5.41) is 0. The molecule has 0 spiro atoms. The van der Waals surface area contributed by atoms with Crippen LogP contribution in [0.15, 0.2) is 28.7 Å². The Morgan fingerprint density at radius 3 is 2.17 bits per heavy atom. The first-order chi connectivity index (χ1) is 11.6. The molecule has 2 aliphatic heterocycles. The van der Waals surface area contributed by atoms with Gasteiger partial charge in [0.15, 0.2) is 0 Å². The first kappa shape index (κ1) is 17.5. The van der Waals surface area contributed by atoms with E-state index in [9.17, 15) is 9.59 Å². The zero-order valence-corrected chi connectivity index (χ0v) is 15.6. The predicted molar refractivity (Wildman–Crippen MR) is 97.6 cm³/mol. The van der Waals surface area contributed by atoms with E-state index in [1.165, 1.54) is 6.42 Å². The van der Waals surface area contributed by atoms with Gasteiger partial charge in [0.05, 0.1) is 6.42 Å². The van der Waals surface area contributed by atoms with Crippen molar-refractivity contribution in [2.24, 2.45) is 5.92 Å². The maximum absolute atomic E-state index is 12.6. The van der Waals surface area contributed by atoms with E-state index >= 15 is 0 Å². The van der Waals surface area contributed by atoms with Gasteiger partial charge in [0.2, 0.25) is 11.8 Å². The van der Waals surface area contributed by atoms with Crippen molar-refractivity contribution in [3.63, 3.8) is 0 Å². The van der Waals surface area contributed by atoms with E-state index in [4.69, 9.17) is 0 Å². The van der Waals surface area contributed by atoms with Crippen LogP contribution in [-0.4, -0.2) is 47.8 Å². The normalized spacial score (nSPS) is 19.4. The number of nitrogens with zero attached hydrogens (tertiary/aromatic N) is 2. The highest BCUT2D eigenvalue weighted by Crippen LogP contribution is 2.22. The first-order valence-corrected chi connectivity index (χ1v) is 9.74. The summed E-state index contributed by atoms with van der Waals surface area (Å²) in [6.07, 6.45) is 5.57. The fourth-order valence-corrected chi connectivity index (χ4v) is 3.90. The van der Waals surface area contributed by atoms with Gasteiger partial charge >= 0.3 is 0 Å². The fourth-order valence-electron chi connectivity index (χ4n) is 3.64. The molecule has 0 atom stereocenters. The predicted octanol–water partition coefficient (Wildman–Crippen LogP) is 3.24. The monoisotopic (exact) mass is 392 g/mol. The second kappa shape index (κ2) is 8.15. The molecule has 2 heterocycles. The summed E-state index contributed by atoms with van der Waals surface area (Å²) in [7, 11) is 0. The van der Waals surface area contributed by atoms with Gasteiger partial charge in [-0.25, -0.2) is 0 Å². The largest absolute Gasteiger partial charge is 0.342 e. The van der Waals surface area contributed by atoms with Crippen LogP contribution in [-0.2, 0) is 16.0 Å². The van der Waals surface area contributed by atoms with Crippen molar-refractivity contribution >= 4 is 27.7 Å². The van der Waals surface area contributed by atoms with Crippen molar-refractivity contribution in [2.75, 3.05) is 26.2 Å². The summed E-state index contributed by atoms with van der Waals surface area (Å²) in [5.41, 5.74) is 1.04. The van der Waals surface area contributed by atoms with E-state index in [1.807, 2.05) is 34.1 Å². The zero-order chi connectivity index (χ0) is 16.9. The second-order valence-corrected chi connectivity index (χ2v) is 7.76. The van der Waals surface area contributed by atoms with Crippen LogP contribution in [0.3, 0.4) is 0 Å². The number of halogens is 1. The third kappa shape index (κ3) is 4.38. The SMILES string of the molecule is O=C(Cc1ccc(Br)cc1)N1CCC(C(=O)N2CCCCC2)CC1. The number of hydrogen-bond acceptors (Lipinski definition) is 2. The molecule has 2 aliphatic rings. The molecule has 24 heavy (non-hydrogen) atoms. The van der Waals surface area contributed by atoms with Crippen LogP contribution in [0.5, 0.6) is 0 Å². The van der Waals surface area contributed by atoms with Crippen LogP contribution in [0.4, 0.5) is 0 Å². The molecule has 0 bridgehead atoms. The minimum Gasteiger partial charge on any atom is -0.342 e. The van der Waals surface area contributed by atoms with E-state index in [2.05, 4.69) is 15.9 Å². The highest BCUT2D eigenvalue weighted by Gasteiger charge is 2.30. The topological polar surface area (TPSA) is 40.6 Å². The van der Waals surface area contributed by atoms with E-state index in [1.54, 1.807) is 0 Å². The summed E-state index contributed by atoms with van der Waals surface area (Å²) < 4.78 is 1.02. The Balaban J connectivity index is 1.48. The molecule has 130 valence electrons. The number of amides is 2. The minimum atomic E-state index is 0.111. The van der Waals surface area contributed by atoms with Crippen LogP contribution in [0.25, 0.3) is 0 Å². The first-order valence-electron chi connectivity index (χ1n) is 8.94. The number of rotatable bonds is 3. The number of piperidine rings is 2. The molecule has 0 unspecified atom stereocenters. The van der Waals surface area contributed by atoms with Gasteiger partial charge in [0, 0.05) is 36.6 Å². The van der Waals surface area contributed by atoms with E-state index in [0.29, 0.717) is 25.4 Å². The number of carbonyl (C=O) groups is 2. The highest BCUT2D eigenvalue weighted by molar-refractivity contribution is 9.10. The zero-order valence-electron chi connectivity index (χ0n) is 14.0. The van der Waals surface area contributed by atoms with E-state index in [-0.39, 0.29) is 11.8 Å². The molecule has 4 nitrogen and oxygen atoms in total. The van der Waals surface area contributed by atoms with E-state index in [0.717, 1.165) is 48.8 Å². The molecule has 2 saturated heterocycles. The minimum absolute atomic E-state index is 0.111. The molecular weight excluding hydrogens is 368 g/mol. The van der Waals surface area contributed by atoms with Crippen LogP contribution in [0, 0.1) is 5.92 Å². The van der Waals surface area contributed by atoms with Gasteiger partial charge in [0.25, 0.3) is 0 Å². The van der Waals surface area contributed by atoms with Crippen LogP contribution in [0.2, 0.25) is 0 Å². The molecule has 3 rings (SSSR count). The quantitative estimate of drug-likeness (QED) is 0.791. The Labute approximate surface area is 152 Å². The third-order valence-electron chi connectivity index (χ3n) is 5.13. The summed E-state index contributed by atoms with van der Waals surface area (Å²) >= 11 is 3.41. The molecular formula is C19H25BrN2O2. The lowest BCUT2D eigenvalue weighted by atomic mass is 9.94. The average Bonchev–Trinajstić information content (AvgIpc) is 2.64. The Hall–Kier alpha value is -1.36. The summed E-state index contributed by atoms with van der Waals surface area (Å²) in [4.78, 5) is 29.0. The number of carbonyl (C=O) groups excluding carboxylic acids is 2. The molecule has 2 amide bonds. The third-order valence-corrected chi connectivity index (χ3v) is 5.66. The van der Waals surface area contributed by atoms with E-state index < -0.39 is 0 Å². The second-order valence-electron chi connectivity index (χ2n) is 6.84. The maximum atomic E-state index is 12.6. The van der Waals surface area contributed by atoms with Crippen molar-refractivity contribution in [3.05, 3.63) is 34.3 Å². The molecule has 1 aromatic carbocycles. The van der Waals surface area contributed by atoms with Crippen LogP contribution in [0.1, 0.15) is 37.7 Å². The highest BCUT2D eigenvalue weighted by atomic mass is 79.9. The van der Waals surface area contributed by atoms with Gasteiger partial charge in [-0.2, -0.15) is 0 Å². The number of hydrogen-bond donors (Lipinski definition) is 0. The summed E-state index contributed by atoms with van der Waals surface area (Å²) in [6, 6.07) is 7.89. The molecule has 0 aliphatic carbocycles. The lowest BCUT2D eigenvalue weighted by Crippen LogP contribution is -2.46. The molecule has 0 radical (unpaired) electrons. The number of benzene rings is 1. The molecule has 5 heteroatoms. The smallest absolute Gasteiger partial charge is 0.226 e. The number of likely N-dealkylation sites (tertiary alicyclic amines) is 2. The molecule has 0 N–H and O–H groups in total. The van der Waals surface area contributed by atoms with Crippen molar-refractivity contribution in [1.82, 2.24) is 9.80 Å². The summed E-state index contributed by atoms with van der Waals surface area (Å²) in [5.74, 6) is 0.593. The van der Waals surface area contributed by atoms with Crippen molar-refractivity contribution in [1.29, 1.82) is 0 Å². The Morgan fingerprint density at radius 2 is 1.54 bits per heavy atom. The van der Waals surface area contributed by atoms with Gasteiger partial charge in [0.1, 0.15) is 0 Å². The Kier molecular flexibility index (Phi) is 5.93. The van der Waals surface area contributed by atoms with Gasteiger partial charge in [-0.15, -0.1) is 0 Å². The van der Waals surface area contributed by atoms with Gasteiger partial charge < -0.3 is 9.80 Å². The molecule has 0 saturated carbocycles.